The smallest absolute Gasteiger partial charge is 0.178 e. The average molecular weight is 267 g/mol. The molecule has 2 rings (SSSR count). The van der Waals surface area contributed by atoms with Crippen LogP contribution in [-0.4, -0.2) is 20.7 Å². The van der Waals surface area contributed by atoms with Gasteiger partial charge in [-0.05, 0) is 43.0 Å². The van der Waals surface area contributed by atoms with Crippen molar-refractivity contribution in [1.82, 2.24) is 0 Å². The fourth-order valence-electron chi connectivity index (χ4n) is 2.42. The summed E-state index contributed by atoms with van der Waals surface area (Å²) < 4.78 is 23.3. The summed E-state index contributed by atoms with van der Waals surface area (Å²) in [6.45, 7) is 2.67. The van der Waals surface area contributed by atoms with Gasteiger partial charge in [0.1, 0.15) is 0 Å². The quantitative estimate of drug-likeness (QED) is 0.891. The van der Waals surface area contributed by atoms with Crippen molar-refractivity contribution in [3.05, 3.63) is 24.3 Å². The first-order valence-corrected chi connectivity index (χ1v) is 8.34. The standard InChI is InChI=1S/C14H21NO2S/c1-2-18(16,17)14-9-7-13(8-10-14)15-11-12-5-3-4-6-12/h7-10,12,15H,2-6,11H2,1H3. The second kappa shape index (κ2) is 5.74. The fourth-order valence-corrected chi connectivity index (χ4v) is 3.31. The predicted octanol–water partition coefficient (Wildman–Crippen LogP) is 3.08. The second-order valence-corrected chi connectivity index (χ2v) is 7.24. The first-order chi connectivity index (χ1) is 8.62. The molecule has 0 aromatic heterocycles. The van der Waals surface area contributed by atoms with Gasteiger partial charge in [-0.25, -0.2) is 8.42 Å². The van der Waals surface area contributed by atoms with E-state index < -0.39 is 9.84 Å². The topological polar surface area (TPSA) is 46.2 Å². The highest BCUT2D eigenvalue weighted by molar-refractivity contribution is 7.91. The number of anilines is 1. The van der Waals surface area contributed by atoms with E-state index in [4.69, 9.17) is 0 Å². The molecule has 0 unspecified atom stereocenters. The Morgan fingerprint density at radius 3 is 2.33 bits per heavy atom. The van der Waals surface area contributed by atoms with Crippen molar-refractivity contribution < 1.29 is 8.42 Å². The van der Waals surface area contributed by atoms with E-state index in [-0.39, 0.29) is 5.75 Å². The molecule has 1 aliphatic carbocycles. The largest absolute Gasteiger partial charge is 0.385 e. The molecule has 1 N–H and O–H groups in total. The first kappa shape index (κ1) is 13.4. The Hall–Kier alpha value is -1.03. The summed E-state index contributed by atoms with van der Waals surface area (Å²) in [5.74, 6) is 0.936. The summed E-state index contributed by atoms with van der Waals surface area (Å²) in [6, 6.07) is 7.10. The minimum Gasteiger partial charge on any atom is -0.385 e. The van der Waals surface area contributed by atoms with Gasteiger partial charge in [-0.2, -0.15) is 0 Å². The highest BCUT2D eigenvalue weighted by Crippen LogP contribution is 2.25. The van der Waals surface area contributed by atoms with Gasteiger partial charge in [0, 0.05) is 12.2 Å². The molecule has 4 heteroatoms. The lowest BCUT2D eigenvalue weighted by molar-refractivity contribution is 0.580. The van der Waals surface area contributed by atoms with E-state index in [9.17, 15) is 8.42 Å². The molecule has 0 radical (unpaired) electrons. The van der Waals surface area contributed by atoms with Crippen LogP contribution >= 0.6 is 0 Å². The number of benzene rings is 1. The van der Waals surface area contributed by atoms with Gasteiger partial charge < -0.3 is 5.32 Å². The fraction of sp³-hybridized carbons (Fsp3) is 0.571. The molecule has 1 aromatic carbocycles. The Morgan fingerprint density at radius 1 is 1.17 bits per heavy atom. The minimum absolute atomic E-state index is 0.155. The Labute approximate surface area is 110 Å². The number of rotatable bonds is 5. The van der Waals surface area contributed by atoms with E-state index in [0.29, 0.717) is 4.90 Å². The third kappa shape index (κ3) is 3.25. The van der Waals surface area contributed by atoms with Crippen molar-refractivity contribution in [2.75, 3.05) is 17.6 Å². The maximum Gasteiger partial charge on any atom is 0.178 e. The van der Waals surface area contributed by atoms with Crippen molar-refractivity contribution >= 4 is 15.5 Å². The number of sulfone groups is 1. The Kier molecular flexibility index (Phi) is 4.27. The van der Waals surface area contributed by atoms with Crippen LogP contribution in [0.4, 0.5) is 5.69 Å². The monoisotopic (exact) mass is 267 g/mol. The van der Waals surface area contributed by atoms with Crippen LogP contribution in [0.5, 0.6) is 0 Å². The third-order valence-corrected chi connectivity index (χ3v) is 5.41. The number of nitrogens with one attached hydrogen (secondary N) is 1. The molecule has 100 valence electrons. The van der Waals surface area contributed by atoms with E-state index >= 15 is 0 Å². The molecule has 0 spiro atoms. The van der Waals surface area contributed by atoms with Crippen LogP contribution in [-0.2, 0) is 9.84 Å². The molecule has 18 heavy (non-hydrogen) atoms. The van der Waals surface area contributed by atoms with Crippen molar-refractivity contribution in [3.8, 4) is 0 Å². The zero-order valence-electron chi connectivity index (χ0n) is 10.9. The summed E-state index contributed by atoms with van der Waals surface area (Å²) in [4.78, 5) is 0.413. The highest BCUT2D eigenvalue weighted by Gasteiger charge is 2.14. The van der Waals surface area contributed by atoms with Crippen molar-refractivity contribution in [2.45, 2.75) is 37.5 Å². The molecule has 1 aromatic rings. The highest BCUT2D eigenvalue weighted by atomic mass is 32.2. The first-order valence-electron chi connectivity index (χ1n) is 6.68. The Bertz CT molecular complexity index is 473. The molecule has 0 heterocycles. The normalized spacial score (nSPS) is 16.9. The molecule has 0 saturated heterocycles. The molecule has 0 aliphatic heterocycles. The van der Waals surface area contributed by atoms with Crippen molar-refractivity contribution in [2.24, 2.45) is 5.92 Å². The van der Waals surface area contributed by atoms with Crippen LogP contribution < -0.4 is 5.32 Å². The predicted molar refractivity (Wildman–Crippen MR) is 74.6 cm³/mol. The minimum atomic E-state index is -3.07. The van der Waals surface area contributed by atoms with Crippen molar-refractivity contribution in [3.63, 3.8) is 0 Å². The molecule has 3 nitrogen and oxygen atoms in total. The van der Waals surface area contributed by atoms with Gasteiger partial charge in [-0.1, -0.05) is 19.8 Å². The Balaban J connectivity index is 1.95. The van der Waals surface area contributed by atoms with Crippen LogP contribution in [0.1, 0.15) is 32.6 Å². The van der Waals surface area contributed by atoms with Crippen LogP contribution in [0, 0.1) is 5.92 Å². The molecular weight excluding hydrogens is 246 g/mol. The molecule has 0 bridgehead atoms. The van der Waals surface area contributed by atoms with Gasteiger partial charge in [-0.15, -0.1) is 0 Å². The summed E-state index contributed by atoms with van der Waals surface area (Å²) in [5.41, 5.74) is 1.01. The van der Waals surface area contributed by atoms with E-state index in [1.54, 1.807) is 19.1 Å². The molecule has 0 amide bonds. The average Bonchev–Trinajstić information content (AvgIpc) is 2.90. The van der Waals surface area contributed by atoms with Gasteiger partial charge in [0.15, 0.2) is 9.84 Å². The van der Waals surface area contributed by atoms with Crippen molar-refractivity contribution in [1.29, 1.82) is 0 Å². The molecule has 0 atom stereocenters. The molecule has 1 fully saturated rings. The molecule has 1 saturated carbocycles. The lowest BCUT2D eigenvalue weighted by atomic mass is 10.1. The van der Waals surface area contributed by atoms with Crippen LogP contribution in [0.25, 0.3) is 0 Å². The number of hydrogen-bond donors (Lipinski definition) is 1. The van der Waals surface area contributed by atoms with E-state index in [2.05, 4.69) is 5.32 Å². The van der Waals surface area contributed by atoms with Gasteiger partial charge in [-0.3, -0.25) is 0 Å². The van der Waals surface area contributed by atoms with Gasteiger partial charge in [0.25, 0.3) is 0 Å². The van der Waals surface area contributed by atoms with E-state index in [1.807, 2.05) is 12.1 Å². The van der Waals surface area contributed by atoms with E-state index in [1.165, 1.54) is 25.7 Å². The molecule has 1 aliphatic rings. The Morgan fingerprint density at radius 2 is 1.78 bits per heavy atom. The third-order valence-electron chi connectivity index (χ3n) is 3.66. The summed E-state index contributed by atoms with van der Waals surface area (Å²) >= 11 is 0. The second-order valence-electron chi connectivity index (χ2n) is 4.96. The maximum atomic E-state index is 11.7. The lowest BCUT2D eigenvalue weighted by Gasteiger charge is -2.12. The molecular formula is C14H21NO2S. The van der Waals surface area contributed by atoms with Gasteiger partial charge >= 0.3 is 0 Å². The van der Waals surface area contributed by atoms with Gasteiger partial charge in [0.2, 0.25) is 0 Å². The summed E-state index contributed by atoms with van der Waals surface area (Å²) in [7, 11) is -3.07. The summed E-state index contributed by atoms with van der Waals surface area (Å²) in [5, 5.41) is 3.39. The van der Waals surface area contributed by atoms with Crippen LogP contribution in [0.3, 0.4) is 0 Å². The van der Waals surface area contributed by atoms with E-state index in [0.717, 1.165) is 18.2 Å². The van der Waals surface area contributed by atoms with Crippen LogP contribution in [0.2, 0.25) is 0 Å². The summed E-state index contributed by atoms with van der Waals surface area (Å²) in [6.07, 6.45) is 5.32. The SMILES string of the molecule is CCS(=O)(=O)c1ccc(NCC2CCCC2)cc1. The number of hydrogen-bond acceptors (Lipinski definition) is 3. The zero-order valence-corrected chi connectivity index (χ0v) is 11.7. The maximum absolute atomic E-state index is 11.7. The zero-order chi connectivity index (χ0) is 13.0. The van der Waals surface area contributed by atoms with Crippen LogP contribution in [0.15, 0.2) is 29.2 Å². The lowest BCUT2D eigenvalue weighted by Crippen LogP contribution is -2.11. The van der Waals surface area contributed by atoms with Gasteiger partial charge in [0.05, 0.1) is 10.6 Å².